The third-order valence-electron chi connectivity index (χ3n) is 6.15. The number of nitrogens with zero attached hydrogens (tertiary/aromatic N) is 6. The van der Waals surface area contributed by atoms with Crippen LogP contribution in [0.25, 0.3) is 0 Å². The molecule has 168 valence electrons. The van der Waals surface area contributed by atoms with Gasteiger partial charge in [0.15, 0.2) is 0 Å². The maximum absolute atomic E-state index is 6.10. The number of aryl methyl sites for hydroxylation is 1. The molecule has 2 unspecified atom stereocenters. The minimum Gasteiger partial charge on any atom is -0.424 e. The number of fused-ring (bicyclic) bond motifs is 2. The molecule has 5 rings (SSSR count). The first kappa shape index (κ1) is 21.3. The maximum atomic E-state index is 6.10. The van der Waals surface area contributed by atoms with Gasteiger partial charge in [0.05, 0.1) is 0 Å². The Morgan fingerprint density at radius 3 is 2.66 bits per heavy atom. The van der Waals surface area contributed by atoms with E-state index in [-0.39, 0.29) is 0 Å². The Morgan fingerprint density at radius 2 is 1.94 bits per heavy atom. The third-order valence-corrected chi connectivity index (χ3v) is 6.59. The highest BCUT2D eigenvalue weighted by Crippen LogP contribution is 2.40. The fourth-order valence-electron chi connectivity index (χ4n) is 4.75. The van der Waals surface area contributed by atoms with E-state index in [2.05, 4.69) is 37.2 Å². The van der Waals surface area contributed by atoms with Crippen molar-refractivity contribution in [2.75, 3.05) is 23.3 Å². The highest BCUT2D eigenvalue weighted by molar-refractivity contribution is 6.30. The van der Waals surface area contributed by atoms with Crippen molar-refractivity contribution in [2.45, 2.75) is 38.8 Å². The second-order valence-corrected chi connectivity index (χ2v) is 9.20. The second kappa shape index (κ2) is 9.11. The maximum Gasteiger partial charge on any atom is 0.322 e. The second-order valence-electron chi connectivity index (χ2n) is 8.37. The summed E-state index contributed by atoms with van der Waals surface area (Å²) in [5.74, 6) is 3.11. The van der Waals surface area contributed by atoms with Crippen molar-refractivity contribution in [1.82, 2.24) is 24.7 Å². The molecule has 1 N–H and O–H groups in total. The Hall–Kier alpha value is -2.58. The van der Waals surface area contributed by atoms with Crippen molar-refractivity contribution in [3.63, 3.8) is 0 Å². The van der Waals surface area contributed by atoms with Crippen LogP contribution in [0.4, 0.5) is 11.8 Å². The SMILES string of the molecule is CCCn1nc(NC2C3CCC2CN(c2cc(Cl)ncn2)C3)nc1Oc1cccc(Cl)c1. The van der Waals surface area contributed by atoms with Gasteiger partial charge in [-0.3, -0.25) is 0 Å². The summed E-state index contributed by atoms with van der Waals surface area (Å²) in [7, 11) is 0. The molecule has 2 atom stereocenters. The lowest BCUT2D eigenvalue weighted by Gasteiger charge is -2.38. The summed E-state index contributed by atoms with van der Waals surface area (Å²) in [5, 5.41) is 9.38. The van der Waals surface area contributed by atoms with Gasteiger partial charge >= 0.3 is 6.01 Å². The molecule has 1 aliphatic carbocycles. The fourth-order valence-corrected chi connectivity index (χ4v) is 5.07. The quantitative estimate of drug-likeness (QED) is 0.488. The number of rotatable bonds is 7. The molecule has 1 saturated heterocycles. The zero-order valence-corrected chi connectivity index (χ0v) is 19.3. The van der Waals surface area contributed by atoms with E-state index >= 15 is 0 Å². The van der Waals surface area contributed by atoms with Crippen LogP contribution in [0.5, 0.6) is 11.8 Å². The molecule has 3 aromatic rings. The molecule has 2 fully saturated rings. The van der Waals surface area contributed by atoms with E-state index in [1.165, 1.54) is 19.2 Å². The van der Waals surface area contributed by atoms with Crippen LogP contribution >= 0.6 is 23.2 Å². The summed E-state index contributed by atoms with van der Waals surface area (Å²) in [5.41, 5.74) is 0. The van der Waals surface area contributed by atoms with Crippen molar-refractivity contribution in [3.8, 4) is 11.8 Å². The van der Waals surface area contributed by atoms with Crippen LogP contribution in [0, 0.1) is 11.8 Å². The molecule has 0 radical (unpaired) electrons. The molecule has 1 aromatic carbocycles. The Labute approximate surface area is 196 Å². The molecule has 2 bridgehead atoms. The number of anilines is 2. The zero-order chi connectivity index (χ0) is 22.1. The summed E-state index contributed by atoms with van der Waals surface area (Å²) >= 11 is 12.2. The van der Waals surface area contributed by atoms with Crippen LogP contribution in [0.3, 0.4) is 0 Å². The summed E-state index contributed by atoms with van der Waals surface area (Å²) in [6.45, 7) is 4.67. The van der Waals surface area contributed by atoms with Gasteiger partial charge in [0.2, 0.25) is 5.95 Å². The largest absolute Gasteiger partial charge is 0.424 e. The lowest BCUT2D eigenvalue weighted by Crippen LogP contribution is -2.48. The van der Waals surface area contributed by atoms with Crippen molar-refractivity contribution in [2.24, 2.45) is 11.8 Å². The molecular weight excluding hydrogens is 449 g/mol. The number of benzene rings is 1. The van der Waals surface area contributed by atoms with E-state index in [9.17, 15) is 0 Å². The van der Waals surface area contributed by atoms with Crippen LogP contribution in [-0.4, -0.2) is 43.9 Å². The molecule has 2 aliphatic rings. The van der Waals surface area contributed by atoms with Crippen molar-refractivity contribution in [3.05, 3.63) is 46.8 Å². The number of piperidine rings is 1. The monoisotopic (exact) mass is 473 g/mol. The molecule has 0 amide bonds. The molecule has 32 heavy (non-hydrogen) atoms. The van der Waals surface area contributed by atoms with Gasteiger partial charge in [-0.25, -0.2) is 14.6 Å². The number of ether oxygens (including phenoxy) is 1. The first-order valence-electron chi connectivity index (χ1n) is 11.0. The minimum absolute atomic E-state index is 0.319. The number of nitrogens with one attached hydrogen (secondary N) is 1. The van der Waals surface area contributed by atoms with E-state index in [0.29, 0.717) is 45.8 Å². The summed E-state index contributed by atoms with van der Waals surface area (Å²) in [6, 6.07) is 9.93. The van der Waals surface area contributed by atoms with E-state index in [1.54, 1.807) is 6.07 Å². The van der Waals surface area contributed by atoms with E-state index in [0.717, 1.165) is 31.9 Å². The van der Waals surface area contributed by atoms with Crippen LogP contribution in [0.2, 0.25) is 10.2 Å². The molecule has 10 heteroatoms. The number of aromatic nitrogens is 5. The van der Waals surface area contributed by atoms with E-state index in [1.807, 2.05) is 28.9 Å². The van der Waals surface area contributed by atoms with Crippen LogP contribution in [0.15, 0.2) is 36.7 Å². The van der Waals surface area contributed by atoms with Gasteiger partial charge in [-0.15, -0.1) is 5.10 Å². The van der Waals surface area contributed by atoms with Gasteiger partial charge in [-0.05, 0) is 49.3 Å². The normalized spacial score (nSPS) is 22.2. The highest BCUT2D eigenvalue weighted by atomic mass is 35.5. The van der Waals surface area contributed by atoms with Crippen LogP contribution in [-0.2, 0) is 6.54 Å². The molecular formula is C22H25Cl2N7O. The summed E-state index contributed by atoms with van der Waals surface area (Å²) in [6.07, 6.45) is 4.79. The van der Waals surface area contributed by atoms with Crippen LogP contribution in [0.1, 0.15) is 26.2 Å². The average molecular weight is 474 g/mol. The lowest BCUT2D eigenvalue weighted by atomic mass is 9.92. The zero-order valence-electron chi connectivity index (χ0n) is 17.8. The van der Waals surface area contributed by atoms with Gasteiger partial charge in [-0.1, -0.05) is 36.2 Å². The third kappa shape index (κ3) is 4.47. The topological polar surface area (TPSA) is 81.0 Å². The minimum atomic E-state index is 0.319. The van der Waals surface area contributed by atoms with Gasteiger partial charge in [-0.2, -0.15) is 4.98 Å². The van der Waals surface area contributed by atoms with Crippen molar-refractivity contribution in [1.29, 1.82) is 0 Å². The molecule has 2 aromatic heterocycles. The van der Waals surface area contributed by atoms with Crippen LogP contribution < -0.4 is 15.0 Å². The Balaban J connectivity index is 1.31. The van der Waals surface area contributed by atoms with E-state index in [4.69, 9.17) is 27.9 Å². The van der Waals surface area contributed by atoms with Crippen molar-refractivity contribution >= 4 is 35.0 Å². The highest BCUT2D eigenvalue weighted by Gasteiger charge is 2.43. The molecule has 3 heterocycles. The molecule has 1 saturated carbocycles. The first-order chi connectivity index (χ1) is 15.6. The summed E-state index contributed by atoms with van der Waals surface area (Å²) < 4.78 is 7.81. The Bertz CT molecular complexity index is 1080. The predicted molar refractivity (Wildman–Crippen MR) is 125 cm³/mol. The standard InChI is InChI=1S/C22H25Cl2N7O/c1-2-8-31-22(32-17-5-3-4-16(23)9-17)28-21(29-31)27-20-14-6-7-15(20)12-30(11-14)19-10-18(24)25-13-26-19/h3-5,9-10,13-15,20H,2,6-8,11-12H2,1H3,(H,27,29). The van der Waals surface area contributed by atoms with Gasteiger partial charge in [0.25, 0.3) is 0 Å². The smallest absolute Gasteiger partial charge is 0.322 e. The molecule has 0 spiro atoms. The first-order valence-corrected chi connectivity index (χ1v) is 11.7. The average Bonchev–Trinajstić information content (AvgIpc) is 3.23. The molecule has 1 aliphatic heterocycles. The summed E-state index contributed by atoms with van der Waals surface area (Å²) in [4.78, 5) is 15.4. The Kier molecular flexibility index (Phi) is 6.06. The van der Waals surface area contributed by atoms with Crippen molar-refractivity contribution < 1.29 is 4.74 Å². The lowest BCUT2D eigenvalue weighted by molar-refractivity contribution is 0.374. The Morgan fingerprint density at radius 1 is 1.12 bits per heavy atom. The van der Waals surface area contributed by atoms with Gasteiger partial charge in [0.1, 0.15) is 23.0 Å². The van der Waals surface area contributed by atoms with E-state index < -0.39 is 0 Å². The molecule has 8 nitrogen and oxygen atoms in total. The van der Waals surface area contributed by atoms with Gasteiger partial charge in [0, 0.05) is 36.8 Å². The number of hydrogen-bond donors (Lipinski definition) is 1. The number of hydrogen-bond acceptors (Lipinski definition) is 7. The fraction of sp³-hybridized carbons (Fsp3) is 0.455. The number of halogens is 2. The predicted octanol–water partition coefficient (Wildman–Crippen LogP) is 4.90. The van der Waals surface area contributed by atoms with Gasteiger partial charge < -0.3 is 15.0 Å².